The van der Waals surface area contributed by atoms with Gasteiger partial charge in [0.1, 0.15) is 6.04 Å². The van der Waals surface area contributed by atoms with Crippen molar-refractivity contribution in [2.75, 3.05) is 36.7 Å². The molecule has 0 aliphatic carbocycles. The minimum Gasteiger partial charge on any atom is -0.368 e. The molecule has 0 radical (unpaired) electrons. The normalized spacial score (nSPS) is 16.0. The predicted octanol–water partition coefficient (Wildman–Crippen LogP) is 0.197. The average Bonchev–Trinajstić information content (AvgIpc) is 2.92. The first-order chi connectivity index (χ1) is 11.5. The number of carbonyl (C=O) groups is 1. The van der Waals surface area contributed by atoms with Crippen molar-refractivity contribution in [2.45, 2.75) is 19.0 Å². The van der Waals surface area contributed by atoms with Crippen LogP contribution in [0.1, 0.15) is 11.4 Å². The molecule has 0 fully saturated rings. The number of benzene rings is 1. The van der Waals surface area contributed by atoms with Crippen LogP contribution in [0.4, 0.5) is 17.6 Å². The number of rotatable bonds is 4. The summed E-state index contributed by atoms with van der Waals surface area (Å²) >= 11 is 0. The van der Waals surface area contributed by atoms with E-state index in [1.54, 1.807) is 11.9 Å². The van der Waals surface area contributed by atoms with E-state index < -0.39 is 0 Å². The standard InChI is InChI=1S/C16H21N7O/c1-18-14(24)12-8-10-6-4-5-7-11(10)23(12)9-13-19-15(17)21-16(20-13)22(2)3/h4-7,12H,8-9H2,1-3H3,(H,18,24)(H2,17,19,20,21). The van der Waals surface area contributed by atoms with Crippen molar-refractivity contribution < 1.29 is 4.79 Å². The summed E-state index contributed by atoms with van der Waals surface area (Å²) in [4.78, 5) is 28.8. The molecule has 0 spiro atoms. The van der Waals surface area contributed by atoms with E-state index in [2.05, 4.69) is 20.3 Å². The first-order valence-corrected chi connectivity index (χ1v) is 7.73. The summed E-state index contributed by atoms with van der Waals surface area (Å²) in [6.45, 7) is 0.392. The van der Waals surface area contributed by atoms with Gasteiger partial charge in [0.25, 0.3) is 0 Å². The molecule has 1 unspecified atom stereocenters. The Morgan fingerprint density at radius 3 is 2.79 bits per heavy atom. The number of anilines is 3. The Morgan fingerprint density at radius 1 is 1.33 bits per heavy atom. The van der Waals surface area contributed by atoms with Gasteiger partial charge in [-0.15, -0.1) is 0 Å². The van der Waals surface area contributed by atoms with Crippen LogP contribution in [0.2, 0.25) is 0 Å². The number of para-hydroxylation sites is 1. The molecular weight excluding hydrogens is 306 g/mol. The number of nitrogen functional groups attached to an aromatic ring is 1. The molecule has 1 aromatic carbocycles. The average molecular weight is 327 g/mol. The maximum absolute atomic E-state index is 12.3. The van der Waals surface area contributed by atoms with Gasteiger partial charge >= 0.3 is 0 Å². The van der Waals surface area contributed by atoms with Gasteiger partial charge in [-0.25, -0.2) is 0 Å². The van der Waals surface area contributed by atoms with Gasteiger partial charge in [0.15, 0.2) is 5.82 Å². The van der Waals surface area contributed by atoms with Crippen LogP contribution in [-0.2, 0) is 17.8 Å². The molecule has 2 heterocycles. The van der Waals surface area contributed by atoms with Crippen molar-refractivity contribution in [1.82, 2.24) is 20.3 Å². The topological polar surface area (TPSA) is 100 Å². The molecule has 0 bridgehead atoms. The van der Waals surface area contributed by atoms with Gasteiger partial charge in [-0.3, -0.25) is 4.79 Å². The molecular formula is C16H21N7O. The molecule has 126 valence electrons. The smallest absolute Gasteiger partial charge is 0.242 e. The fourth-order valence-electron chi connectivity index (χ4n) is 2.89. The highest BCUT2D eigenvalue weighted by molar-refractivity contribution is 5.88. The van der Waals surface area contributed by atoms with Crippen LogP contribution in [0, 0.1) is 0 Å². The van der Waals surface area contributed by atoms with E-state index in [0.717, 1.165) is 11.3 Å². The van der Waals surface area contributed by atoms with Crippen LogP contribution in [0.25, 0.3) is 0 Å². The zero-order chi connectivity index (χ0) is 17.3. The lowest BCUT2D eigenvalue weighted by Crippen LogP contribution is -2.44. The number of fused-ring (bicyclic) bond motifs is 1. The quantitative estimate of drug-likeness (QED) is 0.827. The molecule has 1 aliphatic heterocycles. The van der Waals surface area contributed by atoms with Gasteiger partial charge in [0, 0.05) is 33.3 Å². The van der Waals surface area contributed by atoms with Crippen LogP contribution in [-0.4, -0.2) is 48.0 Å². The number of aromatic nitrogens is 3. The molecule has 1 amide bonds. The molecule has 3 rings (SSSR count). The van der Waals surface area contributed by atoms with Crippen molar-refractivity contribution in [3.05, 3.63) is 35.7 Å². The van der Waals surface area contributed by atoms with E-state index in [-0.39, 0.29) is 17.9 Å². The summed E-state index contributed by atoms with van der Waals surface area (Å²) in [5, 5.41) is 2.73. The third-order valence-corrected chi connectivity index (χ3v) is 4.04. The van der Waals surface area contributed by atoms with E-state index in [0.29, 0.717) is 24.7 Å². The second-order valence-corrected chi connectivity index (χ2v) is 5.90. The van der Waals surface area contributed by atoms with E-state index in [4.69, 9.17) is 5.73 Å². The summed E-state index contributed by atoms with van der Waals surface area (Å²) in [6.07, 6.45) is 0.664. The van der Waals surface area contributed by atoms with Crippen molar-refractivity contribution in [1.29, 1.82) is 0 Å². The number of likely N-dealkylation sites (N-methyl/N-ethyl adjacent to an activating group) is 1. The molecule has 0 saturated carbocycles. The number of nitrogens with two attached hydrogens (primary N) is 1. The molecule has 1 aromatic heterocycles. The lowest BCUT2D eigenvalue weighted by atomic mass is 10.1. The SMILES string of the molecule is CNC(=O)C1Cc2ccccc2N1Cc1nc(N)nc(N(C)C)n1. The summed E-state index contributed by atoms with van der Waals surface area (Å²) in [5.74, 6) is 1.19. The number of carbonyl (C=O) groups excluding carboxylic acids is 1. The lowest BCUT2D eigenvalue weighted by Gasteiger charge is -2.26. The molecule has 2 aromatic rings. The van der Waals surface area contributed by atoms with Gasteiger partial charge in [0.05, 0.1) is 6.54 Å². The maximum Gasteiger partial charge on any atom is 0.242 e. The predicted molar refractivity (Wildman–Crippen MR) is 92.8 cm³/mol. The molecule has 1 aliphatic rings. The summed E-state index contributed by atoms with van der Waals surface area (Å²) in [7, 11) is 5.34. The Labute approximate surface area is 140 Å². The number of nitrogens with one attached hydrogen (secondary N) is 1. The Kier molecular flexibility index (Phi) is 4.20. The number of hydrogen-bond donors (Lipinski definition) is 2. The van der Waals surface area contributed by atoms with E-state index >= 15 is 0 Å². The largest absolute Gasteiger partial charge is 0.368 e. The van der Waals surface area contributed by atoms with Crippen molar-refractivity contribution in [3.63, 3.8) is 0 Å². The third kappa shape index (κ3) is 2.94. The monoisotopic (exact) mass is 327 g/mol. The first-order valence-electron chi connectivity index (χ1n) is 7.73. The summed E-state index contributed by atoms with van der Waals surface area (Å²) < 4.78 is 0. The second-order valence-electron chi connectivity index (χ2n) is 5.90. The summed E-state index contributed by atoms with van der Waals surface area (Å²) in [5.41, 5.74) is 7.96. The fraction of sp³-hybridized carbons (Fsp3) is 0.375. The number of nitrogens with zero attached hydrogens (tertiary/aromatic N) is 5. The Morgan fingerprint density at radius 2 is 2.08 bits per heavy atom. The number of hydrogen-bond acceptors (Lipinski definition) is 7. The van der Waals surface area contributed by atoms with Crippen LogP contribution < -0.4 is 20.9 Å². The van der Waals surface area contributed by atoms with Crippen LogP contribution in [0.5, 0.6) is 0 Å². The van der Waals surface area contributed by atoms with Gasteiger partial charge < -0.3 is 20.9 Å². The van der Waals surface area contributed by atoms with Crippen LogP contribution in [0.3, 0.4) is 0 Å². The molecule has 1 atom stereocenters. The lowest BCUT2D eigenvalue weighted by molar-refractivity contribution is -0.121. The maximum atomic E-state index is 12.3. The highest BCUT2D eigenvalue weighted by Gasteiger charge is 2.34. The van der Waals surface area contributed by atoms with Crippen molar-refractivity contribution >= 4 is 23.5 Å². The molecule has 8 heteroatoms. The van der Waals surface area contributed by atoms with E-state index in [9.17, 15) is 4.79 Å². The fourth-order valence-corrected chi connectivity index (χ4v) is 2.89. The minimum absolute atomic E-state index is 0.0268. The van der Waals surface area contributed by atoms with Crippen molar-refractivity contribution in [3.8, 4) is 0 Å². The minimum atomic E-state index is -0.284. The van der Waals surface area contributed by atoms with Crippen LogP contribution >= 0.6 is 0 Å². The third-order valence-electron chi connectivity index (χ3n) is 4.04. The molecule has 24 heavy (non-hydrogen) atoms. The van der Waals surface area contributed by atoms with Gasteiger partial charge in [0.2, 0.25) is 17.8 Å². The first kappa shape index (κ1) is 16.0. The highest BCUT2D eigenvalue weighted by atomic mass is 16.2. The number of amides is 1. The summed E-state index contributed by atoms with van der Waals surface area (Å²) in [6, 6.07) is 7.71. The van der Waals surface area contributed by atoms with E-state index in [1.165, 1.54) is 0 Å². The highest BCUT2D eigenvalue weighted by Crippen LogP contribution is 2.33. The molecule has 0 saturated heterocycles. The van der Waals surface area contributed by atoms with Gasteiger partial charge in [-0.2, -0.15) is 15.0 Å². The van der Waals surface area contributed by atoms with Gasteiger partial charge in [-0.05, 0) is 11.6 Å². The Balaban J connectivity index is 1.95. The zero-order valence-electron chi connectivity index (χ0n) is 14.0. The van der Waals surface area contributed by atoms with Crippen LogP contribution in [0.15, 0.2) is 24.3 Å². The van der Waals surface area contributed by atoms with Gasteiger partial charge in [-0.1, -0.05) is 18.2 Å². The van der Waals surface area contributed by atoms with Crippen molar-refractivity contribution in [2.24, 2.45) is 0 Å². The molecule has 3 N–H and O–H groups in total. The second kappa shape index (κ2) is 6.31. The van der Waals surface area contributed by atoms with E-state index in [1.807, 2.05) is 43.3 Å². The Hall–Kier alpha value is -2.90. The Bertz CT molecular complexity index is 762. The molecule has 8 nitrogen and oxygen atoms in total. The zero-order valence-corrected chi connectivity index (χ0v) is 14.0.